The van der Waals surface area contributed by atoms with Gasteiger partial charge in [-0.2, -0.15) is 0 Å². The maximum absolute atomic E-state index is 3.76. The van der Waals surface area contributed by atoms with Crippen LogP contribution in [0, 0.1) is 16.7 Å². The van der Waals surface area contributed by atoms with Crippen LogP contribution in [0.5, 0.6) is 0 Å². The Hall–Kier alpha value is -0.0800. The lowest BCUT2D eigenvalue weighted by Crippen LogP contribution is -2.42. The molecule has 2 aliphatic rings. The molecule has 0 radical (unpaired) electrons. The van der Waals surface area contributed by atoms with E-state index in [0.29, 0.717) is 10.8 Å². The normalized spacial score (nSPS) is 32.2. The zero-order chi connectivity index (χ0) is 11.6. The summed E-state index contributed by atoms with van der Waals surface area (Å²) >= 11 is 0. The van der Waals surface area contributed by atoms with Gasteiger partial charge in [0.25, 0.3) is 0 Å². The van der Waals surface area contributed by atoms with Crippen molar-refractivity contribution in [3.05, 3.63) is 0 Å². The molecule has 2 nitrogen and oxygen atoms in total. The van der Waals surface area contributed by atoms with Gasteiger partial charge in [-0.25, -0.2) is 0 Å². The summed E-state index contributed by atoms with van der Waals surface area (Å²) in [5, 5.41) is 7.29. The zero-order valence-corrected chi connectivity index (χ0v) is 11.2. The standard InChI is InChI=1S/C14H28N2/c1-4-13(5-6-13)9-16-11-14(12(2)3)7-8-15-10-14/h12,15-16H,4-11H2,1-3H3. The summed E-state index contributed by atoms with van der Waals surface area (Å²) in [5.41, 5.74) is 1.20. The lowest BCUT2D eigenvalue weighted by atomic mass is 9.76. The van der Waals surface area contributed by atoms with Gasteiger partial charge in [-0.05, 0) is 49.0 Å². The van der Waals surface area contributed by atoms with Crippen LogP contribution < -0.4 is 10.6 Å². The van der Waals surface area contributed by atoms with Crippen molar-refractivity contribution in [2.24, 2.45) is 16.7 Å². The van der Waals surface area contributed by atoms with E-state index in [1.54, 1.807) is 0 Å². The summed E-state index contributed by atoms with van der Waals surface area (Å²) in [5.74, 6) is 0.784. The number of rotatable bonds is 6. The van der Waals surface area contributed by atoms with Crippen LogP contribution in [0.25, 0.3) is 0 Å². The van der Waals surface area contributed by atoms with Crippen LogP contribution in [0.1, 0.15) is 46.5 Å². The highest BCUT2D eigenvalue weighted by molar-refractivity contribution is 4.96. The summed E-state index contributed by atoms with van der Waals surface area (Å²) in [7, 11) is 0. The Balaban J connectivity index is 1.79. The molecule has 1 aliphatic heterocycles. The smallest absolute Gasteiger partial charge is 0.00232 e. The van der Waals surface area contributed by atoms with E-state index in [4.69, 9.17) is 0 Å². The first-order valence-corrected chi connectivity index (χ1v) is 7.04. The van der Waals surface area contributed by atoms with Crippen LogP contribution in [-0.4, -0.2) is 26.2 Å². The second-order valence-corrected chi connectivity index (χ2v) is 6.40. The monoisotopic (exact) mass is 224 g/mol. The number of hydrogen-bond acceptors (Lipinski definition) is 2. The van der Waals surface area contributed by atoms with Gasteiger partial charge in [0.2, 0.25) is 0 Å². The maximum Gasteiger partial charge on any atom is 0.00232 e. The molecule has 1 saturated carbocycles. The molecule has 0 amide bonds. The van der Waals surface area contributed by atoms with E-state index in [9.17, 15) is 0 Å². The molecule has 1 atom stereocenters. The highest BCUT2D eigenvalue weighted by Gasteiger charge is 2.41. The minimum absolute atomic E-state index is 0.518. The van der Waals surface area contributed by atoms with Crippen LogP contribution in [0.15, 0.2) is 0 Å². The third-order valence-corrected chi connectivity index (χ3v) is 5.19. The molecule has 2 heteroatoms. The van der Waals surface area contributed by atoms with Gasteiger partial charge in [0.1, 0.15) is 0 Å². The first-order valence-electron chi connectivity index (χ1n) is 7.04. The Bertz CT molecular complexity index is 225. The van der Waals surface area contributed by atoms with E-state index >= 15 is 0 Å². The molecule has 0 aromatic carbocycles. The largest absolute Gasteiger partial charge is 0.316 e. The van der Waals surface area contributed by atoms with Gasteiger partial charge in [0.15, 0.2) is 0 Å². The summed E-state index contributed by atoms with van der Waals surface area (Å²) in [6.07, 6.45) is 5.59. The third kappa shape index (κ3) is 2.43. The van der Waals surface area contributed by atoms with Crippen molar-refractivity contribution in [1.29, 1.82) is 0 Å². The van der Waals surface area contributed by atoms with E-state index in [0.717, 1.165) is 5.92 Å². The molecule has 0 bridgehead atoms. The van der Waals surface area contributed by atoms with Crippen molar-refractivity contribution in [1.82, 2.24) is 10.6 Å². The van der Waals surface area contributed by atoms with Gasteiger partial charge in [-0.1, -0.05) is 20.8 Å². The van der Waals surface area contributed by atoms with Crippen molar-refractivity contribution >= 4 is 0 Å². The van der Waals surface area contributed by atoms with E-state index in [-0.39, 0.29) is 0 Å². The molecule has 16 heavy (non-hydrogen) atoms. The van der Waals surface area contributed by atoms with Crippen molar-refractivity contribution in [3.63, 3.8) is 0 Å². The highest BCUT2D eigenvalue weighted by atomic mass is 15.0. The summed E-state index contributed by atoms with van der Waals surface area (Å²) in [4.78, 5) is 0. The molecule has 1 unspecified atom stereocenters. The molecular weight excluding hydrogens is 196 g/mol. The molecule has 0 spiro atoms. The molecular formula is C14H28N2. The lowest BCUT2D eigenvalue weighted by Gasteiger charge is -2.33. The quantitative estimate of drug-likeness (QED) is 0.724. The predicted octanol–water partition coefficient (Wildman–Crippen LogP) is 2.40. The second-order valence-electron chi connectivity index (χ2n) is 6.40. The summed E-state index contributed by atoms with van der Waals surface area (Å²) in [6, 6.07) is 0. The molecule has 0 aromatic rings. The summed E-state index contributed by atoms with van der Waals surface area (Å²) in [6.45, 7) is 12.0. The van der Waals surface area contributed by atoms with Crippen molar-refractivity contribution in [2.45, 2.75) is 46.5 Å². The van der Waals surface area contributed by atoms with E-state index in [2.05, 4.69) is 31.4 Å². The second kappa shape index (κ2) is 4.66. The molecule has 2 rings (SSSR count). The fourth-order valence-electron chi connectivity index (χ4n) is 3.02. The maximum atomic E-state index is 3.76. The predicted molar refractivity (Wildman–Crippen MR) is 69.6 cm³/mol. The molecule has 2 N–H and O–H groups in total. The SMILES string of the molecule is CCC1(CNCC2(C(C)C)CCNC2)CC1. The lowest BCUT2D eigenvalue weighted by molar-refractivity contribution is 0.203. The minimum atomic E-state index is 0.518. The Morgan fingerprint density at radius 1 is 1.19 bits per heavy atom. The first-order chi connectivity index (χ1) is 7.63. The van der Waals surface area contributed by atoms with Gasteiger partial charge >= 0.3 is 0 Å². The van der Waals surface area contributed by atoms with E-state index in [1.165, 1.54) is 51.9 Å². The van der Waals surface area contributed by atoms with Crippen LogP contribution in [0.3, 0.4) is 0 Å². The fraction of sp³-hybridized carbons (Fsp3) is 1.00. The van der Waals surface area contributed by atoms with E-state index in [1.807, 2.05) is 0 Å². The average Bonchev–Trinajstić information content (AvgIpc) is 2.88. The van der Waals surface area contributed by atoms with Gasteiger partial charge in [-0.15, -0.1) is 0 Å². The Labute approximate surface area is 101 Å². The summed E-state index contributed by atoms with van der Waals surface area (Å²) < 4.78 is 0. The van der Waals surface area contributed by atoms with Crippen LogP contribution >= 0.6 is 0 Å². The molecule has 1 saturated heterocycles. The van der Waals surface area contributed by atoms with E-state index < -0.39 is 0 Å². The number of hydrogen-bond donors (Lipinski definition) is 2. The Morgan fingerprint density at radius 2 is 1.94 bits per heavy atom. The van der Waals surface area contributed by atoms with Crippen molar-refractivity contribution in [2.75, 3.05) is 26.2 Å². The zero-order valence-electron chi connectivity index (χ0n) is 11.2. The Kier molecular flexibility index (Phi) is 3.60. The van der Waals surface area contributed by atoms with Gasteiger partial charge in [-0.3, -0.25) is 0 Å². The highest BCUT2D eigenvalue weighted by Crippen LogP contribution is 2.48. The minimum Gasteiger partial charge on any atom is -0.316 e. The van der Waals surface area contributed by atoms with Gasteiger partial charge in [0.05, 0.1) is 0 Å². The van der Waals surface area contributed by atoms with Crippen molar-refractivity contribution in [3.8, 4) is 0 Å². The van der Waals surface area contributed by atoms with Gasteiger partial charge < -0.3 is 10.6 Å². The molecule has 1 aliphatic carbocycles. The van der Waals surface area contributed by atoms with Crippen molar-refractivity contribution < 1.29 is 0 Å². The van der Waals surface area contributed by atoms with Crippen LogP contribution in [0.2, 0.25) is 0 Å². The molecule has 94 valence electrons. The third-order valence-electron chi connectivity index (χ3n) is 5.19. The topological polar surface area (TPSA) is 24.1 Å². The first kappa shape index (κ1) is 12.4. The molecule has 2 fully saturated rings. The van der Waals surface area contributed by atoms with Crippen LogP contribution in [-0.2, 0) is 0 Å². The fourth-order valence-corrected chi connectivity index (χ4v) is 3.02. The van der Waals surface area contributed by atoms with Gasteiger partial charge in [0, 0.05) is 19.6 Å². The van der Waals surface area contributed by atoms with Crippen LogP contribution in [0.4, 0.5) is 0 Å². The molecule has 0 aromatic heterocycles. The number of nitrogens with one attached hydrogen (secondary N) is 2. The average molecular weight is 224 g/mol. The Morgan fingerprint density at radius 3 is 2.38 bits per heavy atom. The molecule has 1 heterocycles.